The zero-order valence-electron chi connectivity index (χ0n) is 8.84. The van der Waals surface area contributed by atoms with Crippen LogP contribution in [0.5, 0.6) is 0 Å². The zero-order chi connectivity index (χ0) is 12.8. The third-order valence-corrected chi connectivity index (χ3v) is 2.74. The van der Waals surface area contributed by atoms with Gasteiger partial charge in [0.25, 0.3) is 0 Å². The molecule has 96 valence electrons. The van der Waals surface area contributed by atoms with Gasteiger partial charge >= 0.3 is 18.3 Å². The lowest BCUT2D eigenvalue weighted by Gasteiger charge is -2.23. The molecule has 0 radical (unpaired) electrons. The molecule has 8 heteroatoms. The van der Waals surface area contributed by atoms with Gasteiger partial charge in [-0.2, -0.15) is 13.7 Å². The van der Waals surface area contributed by atoms with Crippen molar-refractivity contribution in [3.63, 3.8) is 0 Å². The molecule has 1 rings (SSSR count). The molecule has 1 saturated heterocycles. The molecule has 1 fully saturated rings. The van der Waals surface area contributed by atoms with Crippen LogP contribution in [0.15, 0.2) is 0 Å². The highest BCUT2D eigenvalue weighted by molar-refractivity contribution is 4.83. The first-order valence-corrected chi connectivity index (χ1v) is 4.84. The van der Waals surface area contributed by atoms with E-state index in [9.17, 15) is 26.3 Å². The van der Waals surface area contributed by atoms with Crippen LogP contribution >= 0.6 is 0 Å². The predicted molar refractivity (Wildman–Crippen MR) is 43.3 cm³/mol. The monoisotopic (exact) mass is 251 g/mol. The molecule has 16 heavy (non-hydrogen) atoms. The molecule has 0 amide bonds. The van der Waals surface area contributed by atoms with Gasteiger partial charge in [0.1, 0.15) is 0 Å². The highest BCUT2D eigenvalue weighted by Crippen LogP contribution is 2.42. The van der Waals surface area contributed by atoms with Crippen molar-refractivity contribution < 1.29 is 31.2 Å². The average Bonchev–Trinajstić information content (AvgIpc) is 2.23. The molecule has 1 aliphatic rings. The minimum absolute atomic E-state index is 0.0322. The van der Waals surface area contributed by atoms with Gasteiger partial charge in [-0.3, -0.25) is 0 Å². The maximum atomic E-state index is 13.2. The number of hydrogen-bond acceptors (Lipinski definition) is 1. The van der Waals surface area contributed by atoms with Crippen molar-refractivity contribution >= 4 is 0 Å². The fourth-order valence-corrected chi connectivity index (χ4v) is 1.62. The van der Waals surface area contributed by atoms with Crippen LogP contribution in [0, 0.1) is 0 Å². The summed E-state index contributed by atoms with van der Waals surface area (Å²) in [7, 11) is 0.298. The smallest absolute Gasteiger partial charge is 0.192 e. The second-order valence-corrected chi connectivity index (χ2v) is 3.80. The molecule has 1 N–H and O–H groups in total. The lowest BCUT2D eigenvalue weighted by Crippen LogP contribution is -3.23. The first-order valence-electron chi connectivity index (χ1n) is 4.84. The van der Waals surface area contributed by atoms with Gasteiger partial charge in [-0.1, -0.05) is 13.3 Å². The van der Waals surface area contributed by atoms with Gasteiger partial charge in [0.15, 0.2) is 0 Å². The van der Waals surface area contributed by atoms with Crippen molar-refractivity contribution in [2.24, 2.45) is 0 Å². The second kappa shape index (κ2) is 3.76. The number of nitrogens with zero attached hydrogens (tertiary/aromatic N) is 1. The Morgan fingerprint density at radius 1 is 1.06 bits per heavy atom. The van der Waals surface area contributed by atoms with Gasteiger partial charge < -0.3 is 0 Å². The zero-order valence-corrected chi connectivity index (χ0v) is 8.84. The first kappa shape index (κ1) is 13.6. The standard InChI is InChI=1S/C8H12F6N2/c1-3-4-5-16-7(11,12)6(9,10)15(2)8(16,13)14/h3-5H2,1-2H3/p+1. The van der Waals surface area contributed by atoms with E-state index in [-0.39, 0.29) is 6.42 Å². The fraction of sp³-hybridized carbons (Fsp3) is 1.00. The van der Waals surface area contributed by atoms with Crippen LogP contribution in [-0.2, 0) is 0 Å². The summed E-state index contributed by atoms with van der Waals surface area (Å²) in [4.78, 5) is -2.54. The lowest BCUT2D eigenvalue weighted by atomic mass is 10.3. The minimum Gasteiger partial charge on any atom is -0.192 e. The van der Waals surface area contributed by atoms with Gasteiger partial charge in [0.05, 0.1) is 6.54 Å². The number of unbranched alkanes of at least 4 members (excludes halogenated alkanes) is 1. The summed E-state index contributed by atoms with van der Waals surface area (Å²) in [5.41, 5.74) is 0. The Hall–Kier alpha value is -0.500. The predicted octanol–water partition coefficient (Wildman–Crippen LogP) is 1.35. The van der Waals surface area contributed by atoms with Crippen molar-refractivity contribution in [1.82, 2.24) is 4.90 Å². The number of rotatable bonds is 3. The molecule has 1 heterocycles. The average molecular weight is 251 g/mol. The fourth-order valence-electron chi connectivity index (χ4n) is 1.62. The van der Waals surface area contributed by atoms with Gasteiger partial charge in [0.2, 0.25) is 0 Å². The van der Waals surface area contributed by atoms with E-state index in [1.165, 1.54) is 0 Å². The van der Waals surface area contributed by atoms with E-state index in [1.54, 1.807) is 6.92 Å². The molecule has 1 aliphatic heterocycles. The van der Waals surface area contributed by atoms with Crippen molar-refractivity contribution in [3.05, 3.63) is 0 Å². The number of likely N-dealkylation sites (N-methyl/N-ethyl adjacent to an activating group) is 1. The van der Waals surface area contributed by atoms with E-state index in [2.05, 4.69) is 0 Å². The Labute approximate surface area is 88.8 Å². The van der Waals surface area contributed by atoms with E-state index < -0.39 is 34.6 Å². The van der Waals surface area contributed by atoms with E-state index in [1.807, 2.05) is 0 Å². The SMILES string of the molecule is CCCC[NH+]1C(F)(F)N(C)C(F)(F)C1(F)F. The van der Waals surface area contributed by atoms with Crippen molar-refractivity contribution in [2.45, 2.75) is 38.0 Å². The van der Waals surface area contributed by atoms with E-state index in [0.29, 0.717) is 13.5 Å². The quantitative estimate of drug-likeness (QED) is 0.587. The van der Waals surface area contributed by atoms with Crippen LogP contribution in [0.4, 0.5) is 26.3 Å². The van der Waals surface area contributed by atoms with Crippen LogP contribution in [0.25, 0.3) is 0 Å². The van der Waals surface area contributed by atoms with Crippen LogP contribution in [0.3, 0.4) is 0 Å². The molecule has 1 unspecified atom stereocenters. The van der Waals surface area contributed by atoms with E-state index >= 15 is 0 Å². The first-order chi connectivity index (χ1) is 7.10. The molecule has 0 aromatic carbocycles. The summed E-state index contributed by atoms with van der Waals surface area (Å²) < 4.78 is 78.7. The Balaban J connectivity index is 3.06. The van der Waals surface area contributed by atoms with Crippen LogP contribution in [0.1, 0.15) is 19.8 Å². The summed E-state index contributed by atoms with van der Waals surface area (Å²) >= 11 is 0. The van der Waals surface area contributed by atoms with Crippen molar-refractivity contribution in [1.29, 1.82) is 0 Å². The molecular formula is C8H13F6N2+. The van der Waals surface area contributed by atoms with Crippen LogP contribution < -0.4 is 4.90 Å². The topological polar surface area (TPSA) is 7.68 Å². The van der Waals surface area contributed by atoms with Crippen molar-refractivity contribution in [2.75, 3.05) is 13.6 Å². The molecule has 2 nitrogen and oxygen atoms in total. The third kappa shape index (κ3) is 1.58. The maximum absolute atomic E-state index is 13.2. The summed E-state index contributed by atoms with van der Waals surface area (Å²) in [6, 6.07) is -9.61. The molecule has 0 bridgehead atoms. The van der Waals surface area contributed by atoms with Gasteiger partial charge in [0, 0.05) is 7.05 Å². The Morgan fingerprint density at radius 3 is 1.88 bits per heavy atom. The highest BCUT2D eigenvalue weighted by Gasteiger charge is 2.84. The molecule has 0 aromatic heterocycles. The number of halogens is 6. The Morgan fingerprint density at radius 2 is 1.56 bits per heavy atom. The van der Waals surface area contributed by atoms with Gasteiger partial charge in [-0.05, 0) is 6.42 Å². The van der Waals surface area contributed by atoms with E-state index in [0.717, 1.165) is 0 Å². The van der Waals surface area contributed by atoms with Gasteiger partial charge in [-0.15, -0.1) is 22.5 Å². The van der Waals surface area contributed by atoms with Gasteiger partial charge in [-0.25, -0.2) is 0 Å². The molecule has 0 aliphatic carbocycles. The molecule has 0 aromatic rings. The number of hydrogen-bond donors (Lipinski definition) is 1. The molecule has 0 spiro atoms. The summed E-state index contributed by atoms with van der Waals surface area (Å²) in [5.74, 6) is 0. The van der Waals surface area contributed by atoms with Crippen molar-refractivity contribution in [3.8, 4) is 0 Å². The number of alkyl halides is 6. The number of quaternary nitrogens is 1. The normalized spacial score (nSPS) is 31.9. The van der Waals surface area contributed by atoms with Crippen LogP contribution in [0.2, 0.25) is 0 Å². The molecule has 0 saturated carbocycles. The highest BCUT2D eigenvalue weighted by atomic mass is 19.3. The lowest BCUT2D eigenvalue weighted by molar-refractivity contribution is -1.05. The summed E-state index contributed by atoms with van der Waals surface area (Å²) in [6.45, 7) is 0.907. The minimum atomic E-state index is -4.83. The largest absolute Gasteiger partial charge is 0.475 e. The van der Waals surface area contributed by atoms with Crippen LogP contribution in [-0.4, -0.2) is 36.8 Å². The summed E-state index contributed by atoms with van der Waals surface area (Å²) in [5, 5.41) is 0. The van der Waals surface area contributed by atoms with E-state index in [4.69, 9.17) is 0 Å². The Kier molecular flexibility index (Phi) is 3.19. The second-order valence-electron chi connectivity index (χ2n) is 3.80. The maximum Gasteiger partial charge on any atom is 0.475 e. The Bertz CT molecular complexity index is 267. The summed E-state index contributed by atoms with van der Waals surface area (Å²) in [6.07, 6.45) is -3.85. The molecular weight excluding hydrogens is 238 g/mol. The number of nitrogens with one attached hydrogen (secondary N) is 1. The third-order valence-electron chi connectivity index (χ3n) is 2.74. The molecule has 1 atom stereocenters.